The van der Waals surface area contributed by atoms with Gasteiger partial charge in [0.25, 0.3) is 12.9 Å². The van der Waals surface area contributed by atoms with Crippen molar-refractivity contribution < 1.29 is 31.8 Å². The third-order valence-corrected chi connectivity index (χ3v) is 1.20. The predicted molar refractivity (Wildman–Crippen MR) is 48.8 cm³/mol. The molecule has 1 aromatic heterocycles. The van der Waals surface area contributed by atoms with Gasteiger partial charge in [0.1, 0.15) is 12.4 Å². The van der Waals surface area contributed by atoms with Crippen LogP contribution in [0.5, 0.6) is 5.88 Å². The van der Waals surface area contributed by atoms with E-state index < -0.39 is 31.9 Å². The summed E-state index contributed by atoms with van der Waals surface area (Å²) in [5.74, 6) is -0.531. The molecule has 1 rings (SSSR count). The van der Waals surface area contributed by atoms with E-state index >= 15 is 0 Å². The number of ether oxygens (including phenoxy) is 1. The SMILES string of the molecule is Fc1ccc(OCC(F)F)nc1.OCC(F)F. The first-order valence-electron chi connectivity index (χ1n) is 4.37. The number of halogens is 5. The van der Waals surface area contributed by atoms with Gasteiger partial charge in [-0.1, -0.05) is 0 Å². The lowest BCUT2D eigenvalue weighted by molar-refractivity contribution is 0.0700. The van der Waals surface area contributed by atoms with Crippen LogP contribution in [0.3, 0.4) is 0 Å². The number of hydrogen-bond acceptors (Lipinski definition) is 3. The van der Waals surface area contributed by atoms with Gasteiger partial charge in [-0.05, 0) is 6.07 Å². The van der Waals surface area contributed by atoms with E-state index in [9.17, 15) is 22.0 Å². The predicted octanol–water partition coefficient (Wildman–Crippen LogP) is 2.11. The van der Waals surface area contributed by atoms with Gasteiger partial charge in [-0.15, -0.1) is 0 Å². The van der Waals surface area contributed by atoms with Crippen LogP contribution < -0.4 is 4.74 Å². The standard InChI is InChI=1S/C7H6F3NO.C2H4F2O/c8-5-1-2-7(11-3-5)12-4-6(9)10;3-2(4)1-5/h1-3,6H,4H2;2,5H,1H2. The van der Waals surface area contributed by atoms with Crippen LogP contribution in [0, 0.1) is 5.82 Å². The van der Waals surface area contributed by atoms with Gasteiger partial charge in [-0.25, -0.2) is 26.9 Å². The molecule has 8 heteroatoms. The number of rotatable bonds is 4. The van der Waals surface area contributed by atoms with Gasteiger partial charge in [0.15, 0.2) is 6.61 Å². The summed E-state index contributed by atoms with van der Waals surface area (Å²) in [4.78, 5) is 3.42. The van der Waals surface area contributed by atoms with Crippen LogP contribution >= 0.6 is 0 Å². The van der Waals surface area contributed by atoms with Crippen LogP contribution in [-0.2, 0) is 0 Å². The number of nitrogens with zero attached hydrogens (tertiary/aromatic N) is 1. The van der Waals surface area contributed by atoms with E-state index in [0.717, 1.165) is 12.3 Å². The Morgan fingerprint density at radius 1 is 1.18 bits per heavy atom. The molecule has 1 heterocycles. The Balaban J connectivity index is 0.000000437. The lowest BCUT2D eigenvalue weighted by Crippen LogP contribution is -2.07. The van der Waals surface area contributed by atoms with Gasteiger partial charge in [0.2, 0.25) is 5.88 Å². The van der Waals surface area contributed by atoms with Crippen LogP contribution in [0.25, 0.3) is 0 Å². The maximum Gasteiger partial charge on any atom is 0.272 e. The van der Waals surface area contributed by atoms with Gasteiger partial charge < -0.3 is 9.84 Å². The van der Waals surface area contributed by atoms with E-state index in [1.807, 2.05) is 0 Å². The molecule has 0 unspecified atom stereocenters. The normalized spacial score (nSPS) is 10.1. The molecular weight excluding hydrogens is 249 g/mol. The molecule has 0 saturated heterocycles. The van der Waals surface area contributed by atoms with Crippen LogP contribution in [0.1, 0.15) is 0 Å². The maximum absolute atomic E-state index is 12.2. The highest BCUT2D eigenvalue weighted by molar-refractivity contribution is 5.10. The van der Waals surface area contributed by atoms with Crippen LogP contribution in [-0.4, -0.2) is 36.2 Å². The van der Waals surface area contributed by atoms with Gasteiger partial charge in [0, 0.05) is 6.07 Å². The van der Waals surface area contributed by atoms with Crippen molar-refractivity contribution in [2.24, 2.45) is 0 Å². The summed E-state index contributed by atoms with van der Waals surface area (Å²) < 4.78 is 60.9. The molecule has 0 aliphatic carbocycles. The minimum absolute atomic E-state index is 0.00306. The molecule has 17 heavy (non-hydrogen) atoms. The summed E-state index contributed by atoms with van der Waals surface area (Å²) in [7, 11) is 0. The average molecular weight is 259 g/mol. The third-order valence-electron chi connectivity index (χ3n) is 1.20. The zero-order valence-electron chi connectivity index (χ0n) is 8.49. The van der Waals surface area contributed by atoms with Crippen molar-refractivity contribution in [1.29, 1.82) is 0 Å². The zero-order valence-corrected chi connectivity index (χ0v) is 8.49. The Labute approximate surface area is 93.9 Å². The van der Waals surface area contributed by atoms with E-state index in [1.165, 1.54) is 6.07 Å². The van der Waals surface area contributed by atoms with Crippen LogP contribution in [0.2, 0.25) is 0 Å². The van der Waals surface area contributed by atoms with E-state index in [-0.39, 0.29) is 5.88 Å². The maximum atomic E-state index is 12.2. The molecule has 0 bridgehead atoms. The second-order valence-electron chi connectivity index (χ2n) is 2.59. The van der Waals surface area contributed by atoms with Crippen molar-refractivity contribution >= 4 is 0 Å². The molecule has 0 spiro atoms. The van der Waals surface area contributed by atoms with Crippen molar-refractivity contribution in [1.82, 2.24) is 4.98 Å². The fourth-order valence-electron chi connectivity index (χ4n) is 0.596. The lowest BCUT2D eigenvalue weighted by atomic mass is 10.5. The number of aliphatic hydroxyl groups excluding tert-OH is 1. The molecule has 0 aromatic carbocycles. The summed E-state index contributed by atoms with van der Waals surface area (Å²) in [5, 5.41) is 7.39. The van der Waals surface area contributed by atoms with Crippen LogP contribution in [0.4, 0.5) is 22.0 Å². The Morgan fingerprint density at radius 2 is 1.76 bits per heavy atom. The first-order chi connectivity index (χ1) is 7.95. The molecule has 0 atom stereocenters. The Morgan fingerprint density at radius 3 is 2.12 bits per heavy atom. The van der Waals surface area contributed by atoms with E-state index in [4.69, 9.17) is 5.11 Å². The topological polar surface area (TPSA) is 42.4 Å². The summed E-state index contributed by atoms with van der Waals surface area (Å²) in [6.07, 6.45) is -4.20. The summed E-state index contributed by atoms with van der Waals surface area (Å²) >= 11 is 0. The highest BCUT2D eigenvalue weighted by atomic mass is 19.3. The third kappa shape index (κ3) is 9.49. The van der Waals surface area contributed by atoms with Crippen molar-refractivity contribution in [3.63, 3.8) is 0 Å². The van der Waals surface area contributed by atoms with Crippen molar-refractivity contribution in [2.45, 2.75) is 12.9 Å². The zero-order chi connectivity index (χ0) is 13.3. The van der Waals surface area contributed by atoms with Crippen molar-refractivity contribution in [3.8, 4) is 5.88 Å². The number of alkyl halides is 4. The van der Waals surface area contributed by atoms with Gasteiger partial charge >= 0.3 is 0 Å². The Bertz CT molecular complexity index is 294. The summed E-state index contributed by atoms with van der Waals surface area (Å²) in [6.45, 7) is -1.75. The number of pyridine rings is 1. The van der Waals surface area contributed by atoms with Gasteiger partial charge in [0.05, 0.1) is 6.20 Å². The Kier molecular flexibility index (Phi) is 7.95. The number of aromatic nitrogens is 1. The number of hydrogen-bond donors (Lipinski definition) is 1. The minimum atomic E-state index is -2.56. The molecule has 3 nitrogen and oxygen atoms in total. The van der Waals surface area contributed by atoms with Gasteiger partial charge in [-0.3, -0.25) is 0 Å². The average Bonchev–Trinajstić information content (AvgIpc) is 2.29. The molecule has 0 aliphatic rings. The molecular formula is C9H10F5NO2. The molecule has 98 valence electrons. The van der Waals surface area contributed by atoms with Crippen LogP contribution in [0.15, 0.2) is 18.3 Å². The fraction of sp³-hybridized carbons (Fsp3) is 0.444. The first-order valence-corrected chi connectivity index (χ1v) is 4.37. The molecule has 0 fully saturated rings. The monoisotopic (exact) mass is 259 g/mol. The molecule has 1 aromatic rings. The minimum Gasteiger partial charge on any atom is -0.472 e. The quantitative estimate of drug-likeness (QED) is 0.842. The number of aliphatic hydroxyl groups is 1. The lowest BCUT2D eigenvalue weighted by Gasteiger charge is -2.02. The van der Waals surface area contributed by atoms with E-state index in [1.54, 1.807) is 0 Å². The second kappa shape index (κ2) is 8.68. The smallest absolute Gasteiger partial charge is 0.272 e. The molecule has 0 saturated carbocycles. The molecule has 1 N–H and O–H groups in total. The van der Waals surface area contributed by atoms with Crippen molar-refractivity contribution in [2.75, 3.05) is 13.2 Å². The largest absolute Gasteiger partial charge is 0.472 e. The molecule has 0 amide bonds. The second-order valence-corrected chi connectivity index (χ2v) is 2.59. The van der Waals surface area contributed by atoms with Gasteiger partial charge in [-0.2, -0.15) is 0 Å². The fourth-order valence-corrected chi connectivity index (χ4v) is 0.596. The first kappa shape index (κ1) is 15.6. The Hall–Kier alpha value is -1.44. The van der Waals surface area contributed by atoms with E-state index in [0.29, 0.717) is 0 Å². The highest BCUT2D eigenvalue weighted by Gasteiger charge is 2.03. The molecule has 0 radical (unpaired) electrons. The highest BCUT2D eigenvalue weighted by Crippen LogP contribution is 2.07. The summed E-state index contributed by atoms with van der Waals surface area (Å²) in [5.41, 5.74) is 0. The van der Waals surface area contributed by atoms with Crippen molar-refractivity contribution in [3.05, 3.63) is 24.1 Å². The summed E-state index contributed by atoms with van der Waals surface area (Å²) in [6, 6.07) is 2.28. The molecule has 0 aliphatic heterocycles. The van der Waals surface area contributed by atoms with E-state index in [2.05, 4.69) is 9.72 Å².